The fraction of sp³-hybridized carbons (Fsp3) is 0.179. The molecule has 0 aliphatic rings. The Hall–Kier alpha value is -3.58. The first-order chi connectivity index (χ1) is 16.9. The Morgan fingerprint density at radius 1 is 1.00 bits per heavy atom. The van der Waals surface area contributed by atoms with Crippen molar-refractivity contribution < 1.29 is 23.4 Å². The third-order valence-electron chi connectivity index (χ3n) is 5.52. The van der Waals surface area contributed by atoms with Crippen molar-refractivity contribution in [2.24, 2.45) is 0 Å². The molecule has 0 N–H and O–H groups in total. The lowest BCUT2D eigenvalue weighted by atomic mass is 10.1. The molecule has 0 aliphatic carbocycles. The molecule has 4 aromatic rings. The van der Waals surface area contributed by atoms with E-state index in [0.717, 1.165) is 27.1 Å². The first kappa shape index (κ1) is 24.5. The fourth-order valence-corrected chi connectivity index (χ4v) is 4.23. The average molecular weight is 538 g/mol. The molecule has 1 heterocycles. The predicted octanol–water partition coefficient (Wildman–Crippen LogP) is 7.12. The van der Waals surface area contributed by atoms with Gasteiger partial charge in [-0.15, -0.1) is 0 Å². The van der Waals surface area contributed by atoms with Crippen LogP contribution in [0.25, 0.3) is 16.9 Å². The van der Waals surface area contributed by atoms with E-state index in [0.29, 0.717) is 23.5 Å². The van der Waals surface area contributed by atoms with Crippen LogP contribution in [0, 0.1) is 12.7 Å². The van der Waals surface area contributed by atoms with E-state index in [9.17, 15) is 9.18 Å². The SMILES string of the molecule is CCOC(=O)c1cccc(-n2c(C)ccc2-c2cc(Br)ccc2OCc2ccc(OC)c(F)c2)c1. The number of hydrogen-bond donors (Lipinski definition) is 0. The zero-order chi connectivity index (χ0) is 24.9. The van der Waals surface area contributed by atoms with Gasteiger partial charge in [-0.2, -0.15) is 0 Å². The van der Waals surface area contributed by atoms with E-state index in [-0.39, 0.29) is 18.3 Å². The van der Waals surface area contributed by atoms with E-state index in [4.69, 9.17) is 14.2 Å². The van der Waals surface area contributed by atoms with Gasteiger partial charge in [-0.25, -0.2) is 9.18 Å². The summed E-state index contributed by atoms with van der Waals surface area (Å²) >= 11 is 3.56. The molecular weight excluding hydrogens is 513 g/mol. The molecule has 7 heteroatoms. The van der Waals surface area contributed by atoms with E-state index in [2.05, 4.69) is 20.5 Å². The number of hydrogen-bond acceptors (Lipinski definition) is 4. The Balaban J connectivity index is 1.71. The van der Waals surface area contributed by atoms with Gasteiger partial charge in [-0.05, 0) is 80.1 Å². The number of rotatable bonds is 8. The topological polar surface area (TPSA) is 49.7 Å². The fourth-order valence-electron chi connectivity index (χ4n) is 3.87. The van der Waals surface area contributed by atoms with Crippen LogP contribution in [0.2, 0.25) is 0 Å². The van der Waals surface area contributed by atoms with Gasteiger partial charge in [0.2, 0.25) is 0 Å². The van der Waals surface area contributed by atoms with E-state index >= 15 is 0 Å². The standard InChI is InChI=1S/C28H25BrFNO4/c1-4-34-28(32)20-6-5-7-22(15-20)31-18(2)8-11-25(31)23-16-21(29)10-13-26(23)35-17-19-9-12-27(33-3)24(30)14-19/h5-16H,4,17H2,1-3H3. The van der Waals surface area contributed by atoms with Crippen LogP contribution in [-0.4, -0.2) is 24.3 Å². The Labute approximate surface area is 212 Å². The van der Waals surface area contributed by atoms with Crippen LogP contribution in [0.5, 0.6) is 11.5 Å². The highest BCUT2D eigenvalue weighted by atomic mass is 79.9. The van der Waals surface area contributed by atoms with Gasteiger partial charge in [-0.3, -0.25) is 0 Å². The monoisotopic (exact) mass is 537 g/mol. The highest BCUT2D eigenvalue weighted by Gasteiger charge is 2.17. The number of carbonyl (C=O) groups is 1. The predicted molar refractivity (Wildman–Crippen MR) is 137 cm³/mol. The van der Waals surface area contributed by atoms with Crippen LogP contribution in [0.15, 0.2) is 77.3 Å². The molecule has 0 saturated heterocycles. The first-order valence-corrected chi connectivity index (χ1v) is 11.9. The maximum Gasteiger partial charge on any atom is 0.338 e. The van der Waals surface area contributed by atoms with Crippen LogP contribution >= 0.6 is 15.9 Å². The number of aryl methyl sites for hydroxylation is 1. The number of benzene rings is 3. The Bertz CT molecular complexity index is 1370. The summed E-state index contributed by atoms with van der Waals surface area (Å²) in [6.07, 6.45) is 0. The van der Waals surface area contributed by atoms with Crippen LogP contribution in [0.1, 0.15) is 28.5 Å². The molecule has 0 bridgehead atoms. The molecule has 180 valence electrons. The lowest BCUT2D eigenvalue weighted by Crippen LogP contribution is -2.07. The van der Waals surface area contributed by atoms with Crippen LogP contribution in [-0.2, 0) is 11.3 Å². The summed E-state index contributed by atoms with van der Waals surface area (Å²) in [5.41, 5.74) is 4.73. The van der Waals surface area contributed by atoms with Crippen molar-refractivity contribution in [3.8, 4) is 28.4 Å². The van der Waals surface area contributed by atoms with Gasteiger partial charge in [0.25, 0.3) is 0 Å². The van der Waals surface area contributed by atoms with Crippen molar-refractivity contribution >= 4 is 21.9 Å². The van der Waals surface area contributed by atoms with Gasteiger partial charge >= 0.3 is 5.97 Å². The minimum atomic E-state index is -0.435. The van der Waals surface area contributed by atoms with E-state index in [1.165, 1.54) is 13.2 Å². The second-order valence-corrected chi connectivity index (χ2v) is 8.78. The van der Waals surface area contributed by atoms with Gasteiger partial charge in [0.15, 0.2) is 11.6 Å². The summed E-state index contributed by atoms with van der Waals surface area (Å²) < 4.78 is 33.4. The highest BCUT2D eigenvalue weighted by molar-refractivity contribution is 9.10. The van der Waals surface area contributed by atoms with Gasteiger partial charge in [0.1, 0.15) is 12.4 Å². The zero-order valence-corrected chi connectivity index (χ0v) is 21.3. The van der Waals surface area contributed by atoms with Gasteiger partial charge in [0.05, 0.1) is 25.0 Å². The molecule has 0 atom stereocenters. The van der Waals surface area contributed by atoms with Gasteiger partial charge < -0.3 is 18.8 Å². The van der Waals surface area contributed by atoms with Crippen molar-refractivity contribution in [1.29, 1.82) is 0 Å². The third kappa shape index (κ3) is 5.41. The van der Waals surface area contributed by atoms with Gasteiger partial charge in [0, 0.05) is 21.4 Å². The van der Waals surface area contributed by atoms with Crippen LogP contribution < -0.4 is 9.47 Å². The molecule has 3 aromatic carbocycles. The molecule has 0 amide bonds. The summed E-state index contributed by atoms with van der Waals surface area (Å²) in [5, 5.41) is 0. The molecule has 0 aliphatic heterocycles. The Morgan fingerprint density at radius 3 is 2.54 bits per heavy atom. The smallest absolute Gasteiger partial charge is 0.338 e. The minimum Gasteiger partial charge on any atom is -0.494 e. The number of carbonyl (C=O) groups excluding carboxylic acids is 1. The summed E-state index contributed by atoms with van der Waals surface area (Å²) in [7, 11) is 1.43. The summed E-state index contributed by atoms with van der Waals surface area (Å²) in [4.78, 5) is 12.3. The normalized spacial score (nSPS) is 10.8. The maximum atomic E-state index is 14.1. The molecule has 1 aromatic heterocycles. The molecular formula is C28H25BrFNO4. The first-order valence-electron chi connectivity index (χ1n) is 11.1. The molecule has 35 heavy (non-hydrogen) atoms. The highest BCUT2D eigenvalue weighted by Crippen LogP contribution is 2.36. The van der Waals surface area contributed by atoms with E-state index < -0.39 is 5.82 Å². The van der Waals surface area contributed by atoms with Crippen molar-refractivity contribution in [1.82, 2.24) is 4.57 Å². The zero-order valence-electron chi connectivity index (χ0n) is 19.7. The summed E-state index contributed by atoms with van der Waals surface area (Å²) in [5.74, 6) is 0.0382. The quantitative estimate of drug-likeness (QED) is 0.224. The second kappa shape index (κ2) is 10.8. The molecule has 5 nitrogen and oxygen atoms in total. The van der Waals surface area contributed by atoms with Crippen molar-refractivity contribution in [2.75, 3.05) is 13.7 Å². The molecule has 0 spiro atoms. The molecule has 0 unspecified atom stereocenters. The van der Waals surface area contributed by atoms with Crippen molar-refractivity contribution in [3.05, 3.63) is 99.9 Å². The molecule has 0 saturated carbocycles. The number of ether oxygens (including phenoxy) is 3. The Kier molecular flexibility index (Phi) is 7.56. The number of esters is 1. The molecule has 0 radical (unpaired) electrons. The number of methoxy groups -OCH3 is 1. The van der Waals surface area contributed by atoms with Crippen LogP contribution in [0.4, 0.5) is 4.39 Å². The number of aromatic nitrogens is 1. The molecule has 4 rings (SSSR count). The third-order valence-corrected chi connectivity index (χ3v) is 6.01. The van der Waals surface area contributed by atoms with Crippen LogP contribution in [0.3, 0.4) is 0 Å². The Morgan fingerprint density at radius 2 is 1.80 bits per heavy atom. The largest absolute Gasteiger partial charge is 0.494 e. The van der Waals surface area contributed by atoms with E-state index in [1.807, 2.05) is 55.5 Å². The summed E-state index contributed by atoms with van der Waals surface area (Å²) in [6.45, 7) is 4.28. The minimum absolute atomic E-state index is 0.188. The van der Waals surface area contributed by atoms with Gasteiger partial charge in [-0.1, -0.05) is 28.1 Å². The number of halogens is 2. The second-order valence-electron chi connectivity index (χ2n) is 7.86. The maximum absolute atomic E-state index is 14.1. The lowest BCUT2D eigenvalue weighted by Gasteiger charge is -2.17. The van der Waals surface area contributed by atoms with Crippen molar-refractivity contribution in [3.63, 3.8) is 0 Å². The summed E-state index contributed by atoms with van der Waals surface area (Å²) in [6, 6.07) is 21.9. The lowest BCUT2D eigenvalue weighted by molar-refractivity contribution is 0.0526. The average Bonchev–Trinajstić information content (AvgIpc) is 3.24. The van der Waals surface area contributed by atoms with Crippen molar-refractivity contribution in [2.45, 2.75) is 20.5 Å². The number of nitrogens with zero attached hydrogens (tertiary/aromatic N) is 1. The van der Waals surface area contributed by atoms with E-state index in [1.54, 1.807) is 25.1 Å². The molecule has 0 fully saturated rings.